The summed E-state index contributed by atoms with van der Waals surface area (Å²) in [6.07, 6.45) is 0. The number of carboxylic acid groups (broad SMARTS) is 5. The topological polar surface area (TPSA) is 395 Å². The SMILES string of the molecule is CC(=O)O.CC(=O)O.CC(=O)O.CC(=O)O.CC(=O)O.NC(N)=C(N)N.NC(N)=C(N)N. The molecule has 0 saturated heterocycles. The summed E-state index contributed by atoms with van der Waals surface area (Å²) in [4.78, 5) is 45.0. The predicted molar refractivity (Wildman–Crippen MR) is 114 cm³/mol. The molecule has 0 aromatic rings. The van der Waals surface area contributed by atoms with Gasteiger partial charge in [0.1, 0.15) is 23.3 Å². The highest BCUT2D eigenvalue weighted by Crippen LogP contribution is 1.63. The molecule has 0 unspecified atom stereocenters. The van der Waals surface area contributed by atoms with Crippen LogP contribution < -0.4 is 45.9 Å². The molecule has 192 valence electrons. The molecule has 18 heteroatoms. The van der Waals surface area contributed by atoms with Crippen LogP contribution in [0.3, 0.4) is 0 Å². The smallest absolute Gasteiger partial charge is 0.300 e. The molecular formula is C14H36N8O10. The molecule has 0 atom stereocenters. The molecule has 18 nitrogen and oxygen atoms in total. The normalized spacial score (nSPS) is 6.66. The number of carboxylic acids is 5. The molecule has 0 heterocycles. The van der Waals surface area contributed by atoms with E-state index in [1.54, 1.807) is 0 Å². The Morgan fingerprint density at radius 2 is 0.375 bits per heavy atom. The molecule has 0 radical (unpaired) electrons. The molecule has 0 aliphatic rings. The second-order valence-corrected chi connectivity index (χ2v) is 4.42. The minimum Gasteiger partial charge on any atom is -0.481 e. The van der Waals surface area contributed by atoms with Crippen LogP contribution in [0.1, 0.15) is 34.6 Å². The molecule has 0 spiro atoms. The fourth-order valence-electron chi connectivity index (χ4n) is 0. The maximum absolute atomic E-state index is 9.00. The van der Waals surface area contributed by atoms with Crippen molar-refractivity contribution >= 4 is 29.8 Å². The summed E-state index contributed by atoms with van der Waals surface area (Å²) in [6.45, 7) is 5.42. The van der Waals surface area contributed by atoms with Crippen LogP contribution in [0.2, 0.25) is 0 Å². The Morgan fingerprint density at radius 1 is 0.344 bits per heavy atom. The van der Waals surface area contributed by atoms with Gasteiger partial charge < -0.3 is 71.4 Å². The third kappa shape index (κ3) is 1420. The predicted octanol–water partition coefficient (Wildman–Crippen LogP) is -3.65. The van der Waals surface area contributed by atoms with Crippen LogP contribution in [-0.4, -0.2) is 55.4 Å². The van der Waals surface area contributed by atoms with Crippen LogP contribution in [0.25, 0.3) is 0 Å². The van der Waals surface area contributed by atoms with Gasteiger partial charge >= 0.3 is 0 Å². The van der Waals surface area contributed by atoms with Gasteiger partial charge in [0.05, 0.1) is 0 Å². The molecule has 0 aromatic heterocycles. The second kappa shape index (κ2) is 33.8. The minimum absolute atomic E-state index is 0.0185. The molecule has 0 bridgehead atoms. The van der Waals surface area contributed by atoms with Crippen molar-refractivity contribution < 1.29 is 49.5 Å². The van der Waals surface area contributed by atoms with Gasteiger partial charge in [0.15, 0.2) is 0 Å². The molecule has 0 fully saturated rings. The largest absolute Gasteiger partial charge is 0.481 e. The fourth-order valence-corrected chi connectivity index (χ4v) is 0. The number of carbonyl (C=O) groups is 5. The van der Waals surface area contributed by atoms with Gasteiger partial charge in [0.25, 0.3) is 29.8 Å². The first-order chi connectivity index (χ1) is 13.9. The monoisotopic (exact) mass is 476 g/mol. The summed E-state index contributed by atoms with van der Waals surface area (Å²) in [7, 11) is 0. The van der Waals surface area contributed by atoms with Crippen molar-refractivity contribution in [1.82, 2.24) is 0 Å². The van der Waals surface area contributed by atoms with Crippen molar-refractivity contribution in [1.29, 1.82) is 0 Å². The lowest BCUT2D eigenvalue weighted by atomic mass is 10.7. The number of nitrogens with two attached hydrogens (primary N) is 8. The first-order valence-electron chi connectivity index (χ1n) is 7.45. The standard InChI is InChI=1S/2C2H8N4.5C2H4O2/c2*3-1(4)2(5)6;5*1-2(3)4/h2*3-6H2;5*1H3,(H,3,4). The summed E-state index contributed by atoms with van der Waals surface area (Å²) in [6, 6.07) is 0. The van der Waals surface area contributed by atoms with Crippen molar-refractivity contribution in [3.05, 3.63) is 23.3 Å². The zero-order valence-corrected chi connectivity index (χ0v) is 18.4. The van der Waals surface area contributed by atoms with Gasteiger partial charge in [-0.15, -0.1) is 0 Å². The zero-order chi connectivity index (χ0) is 28.2. The van der Waals surface area contributed by atoms with Gasteiger partial charge in [-0.1, -0.05) is 0 Å². The number of rotatable bonds is 0. The Morgan fingerprint density at radius 3 is 0.375 bits per heavy atom. The Labute approximate surface area is 184 Å². The average Bonchev–Trinajstić information content (AvgIpc) is 2.44. The van der Waals surface area contributed by atoms with Crippen LogP contribution in [0.15, 0.2) is 23.3 Å². The highest BCUT2D eigenvalue weighted by molar-refractivity contribution is 5.63. The van der Waals surface area contributed by atoms with Crippen molar-refractivity contribution in [2.24, 2.45) is 45.9 Å². The Hall–Kier alpha value is -4.77. The van der Waals surface area contributed by atoms with Crippen LogP contribution in [-0.2, 0) is 24.0 Å². The van der Waals surface area contributed by atoms with Gasteiger partial charge in [-0.05, 0) is 0 Å². The number of hydrogen-bond donors (Lipinski definition) is 13. The van der Waals surface area contributed by atoms with E-state index in [1.807, 2.05) is 0 Å². The van der Waals surface area contributed by atoms with E-state index < -0.39 is 29.8 Å². The number of aliphatic carboxylic acids is 5. The third-order valence-corrected chi connectivity index (χ3v) is 0.667. The Balaban J connectivity index is -0.0000000460. The van der Waals surface area contributed by atoms with Crippen LogP contribution in [0.4, 0.5) is 0 Å². The molecule has 0 aliphatic carbocycles. The fraction of sp³-hybridized carbons (Fsp3) is 0.357. The Kier molecular flexibility index (Phi) is 48.3. The summed E-state index contributed by atoms with van der Waals surface area (Å²) >= 11 is 0. The van der Waals surface area contributed by atoms with E-state index in [9.17, 15) is 0 Å². The first kappa shape index (κ1) is 45.8. The quantitative estimate of drug-likeness (QED) is 0.160. The third-order valence-electron chi connectivity index (χ3n) is 0.667. The van der Waals surface area contributed by atoms with Crippen LogP contribution in [0, 0.1) is 0 Å². The highest BCUT2D eigenvalue weighted by Gasteiger charge is 1.78. The lowest BCUT2D eigenvalue weighted by molar-refractivity contribution is -0.135. The lowest BCUT2D eigenvalue weighted by Gasteiger charge is -1.89. The maximum atomic E-state index is 9.00. The van der Waals surface area contributed by atoms with E-state index in [-0.39, 0.29) is 23.3 Å². The second-order valence-electron chi connectivity index (χ2n) is 4.42. The van der Waals surface area contributed by atoms with Crippen molar-refractivity contribution in [3.63, 3.8) is 0 Å². The highest BCUT2D eigenvalue weighted by atomic mass is 16.4. The van der Waals surface area contributed by atoms with Gasteiger partial charge in [0.2, 0.25) is 0 Å². The zero-order valence-electron chi connectivity index (χ0n) is 18.4. The van der Waals surface area contributed by atoms with Gasteiger partial charge in [-0.2, -0.15) is 0 Å². The molecule has 0 rings (SSSR count). The molecule has 0 amide bonds. The van der Waals surface area contributed by atoms with Gasteiger partial charge in [-0.3, -0.25) is 24.0 Å². The molecule has 0 aliphatic heterocycles. The average molecular weight is 476 g/mol. The van der Waals surface area contributed by atoms with E-state index in [4.69, 9.17) is 95.4 Å². The minimum atomic E-state index is -0.833. The van der Waals surface area contributed by atoms with Crippen LogP contribution in [0.5, 0.6) is 0 Å². The van der Waals surface area contributed by atoms with Crippen LogP contribution >= 0.6 is 0 Å². The Bertz CT molecular complexity index is 459. The molecule has 32 heavy (non-hydrogen) atoms. The van der Waals surface area contributed by atoms with Gasteiger partial charge in [0, 0.05) is 34.6 Å². The summed E-state index contributed by atoms with van der Waals surface area (Å²) in [5, 5.41) is 37.1. The van der Waals surface area contributed by atoms with E-state index in [0.29, 0.717) is 0 Å². The molecule has 21 N–H and O–H groups in total. The van der Waals surface area contributed by atoms with E-state index in [0.717, 1.165) is 34.6 Å². The molecular weight excluding hydrogens is 440 g/mol. The van der Waals surface area contributed by atoms with E-state index in [1.165, 1.54) is 0 Å². The van der Waals surface area contributed by atoms with Gasteiger partial charge in [-0.25, -0.2) is 0 Å². The summed E-state index contributed by atoms with van der Waals surface area (Å²) < 4.78 is 0. The van der Waals surface area contributed by atoms with Crippen molar-refractivity contribution in [2.45, 2.75) is 34.6 Å². The number of hydrogen-bond acceptors (Lipinski definition) is 13. The van der Waals surface area contributed by atoms with E-state index in [2.05, 4.69) is 0 Å². The molecule has 0 saturated carbocycles. The summed E-state index contributed by atoms with van der Waals surface area (Å²) in [5.41, 5.74) is 38.7. The first-order valence-corrected chi connectivity index (χ1v) is 7.45. The maximum Gasteiger partial charge on any atom is 0.300 e. The summed E-state index contributed by atoms with van der Waals surface area (Å²) in [5.74, 6) is -4.24. The van der Waals surface area contributed by atoms with E-state index >= 15 is 0 Å². The van der Waals surface area contributed by atoms with Crippen molar-refractivity contribution in [3.8, 4) is 0 Å². The lowest BCUT2D eigenvalue weighted by Crippen LogP contribution is -2.22. The molecule has 0 aromatic carbocycles. The van der Waals surface area contributed by atoms with Crippen molar-refractivity contribution in [2.75, 3.05) is 0 Å².